The van der Waals surface area contributed by atoms with Crippen LogP contribution in [0.3, 0.4) is 0 Å². The topological polar surface area (TPSA) is 22.1 Å². The normalized spacial score (nSPS) is 22.1. The molecule has 2 aromatic rings. The molecule has 1 aliphatic heterocycles. The maximum atomic E-state index is 6.44. The second-order valence-electron chi connectivity index (χ2n) is 4.42. The largest absolute Gasteiger partial charge is 0.381 e. The molecule has 0 N–H and O–H groups in total. The van der Waals surface area contributed by atoms with Crippen molar-refractivity contribution < 1.29 is 4.74 Å². The highest BCUT2D eigenvalue weighted by atomic mass is 35.5. The first-order valence-electron chi connectivity index (χ1n) is 5.89. The van der Waals surface area contributed by atoms with Gasteiger partial charge in [0.1, 0.15) is 0 Å². The number of ether oxygens (including phenoxy) is 1. The maximum absolute atomic E-state index is 6.44. The van der Waals surface area contributed by atoms with Crippen molar-refractivity contribution in [3.05, 3.63) is 29.3 Å². The zero-order chi connectivity index (χ0) is 11.7. The quantitative estimate of drug-likeness (QED) is 0.795. The fourth-order valence-corrected chi connectivity index (χ4v) is 3.64. The van der Waals surface area contributed by atoms with Crippen LogP contribution in [-0.4, -0.2) is 23.6 Å². The summed E-state index contributed by atoms with van der Waals surface area (Å²) in [4.78, 5) is 4.62. The van der Waals surface area contributed by atoms with E-state index in [0.717, 1.165) is 36.6 Å². The third-order valence-corrected chi connectivity index (χ3v) is 4.75. The summed E-state index contributed by atoms with van der Waals surface area (Å²) in [6.07, 6.45) is 1.94. The molecule has 0 saturated carbocycles. The molecule has 0 amide bonds. The van der Waals surface area contributed by atoms with Crippen LogP contribution in [0.5, 0.6) is 0 Å². The van der Waals surface area contributed by atoms with Gasteiger partial charge in [-0.05, 0) is 18.6 Å². The summed E-state index contributed by atoms with van der Waals surface area (Å²) in [5.41, 5.74) is 1.08. The Morgan fingerprint density at radius 3 is 3.12 bits per heavy atom. The third kappa shape index (κ3) is 2.46. The van der Waals surface area contributed by atoms with Crippen molar-refractivity contribution in [1.29, 1.82) is 0 Å². The van der Waals surface area contributed by atoms with Gasteiger partial charge in [-0.15, -0.1) is 22.9 Å². The summed E-state index contributed by atoms with van der Waals surface area (Å²) in [6, 6.07) is 8.23. The van der Waals surface area contributed by atoms with Gasteiger partial charge >= 0.3 is 0 Å². The molecule has 1 aliphatic rings. The molecule has 0 radical (unpaired) electrons. The lowest BCUT2D eigenvalue weighted by atomic mass is 10.0. The van der Waals surface area contributed by atoms with Crippen LogP contribution in [0, 0.1) is 5.92 Å². The van der Waals surface area contributed by atoms with E-state index in [1.165, 1.54) is 4.70 Å². The zero-order valence-corrected chi connectivity index (χ0v) is 11.0. The van der Waals surface area contributed by atoms with Gasteiger partial charge < -0.3 is 4.74 Å². The number of hydrogen-bond donors (Lipinski definition) is 0. The fourth-order valence-electron chi connectivity index (χ4n) is 2.18. The van der Waals surface area contributed by atoms with Crippen molar-refractivity contribution >= 4 is 33.2 Å². The molecule has 4 heteroatoms. The van der Waals surface area contributed by atoms with E-state index in [2.05, 4.69) is 17.1 Å². The van der Waals surface area contributed by atoms with Gasteiger partial charge in [-0.1, -0.05) is 12.1 Å². The molecule has 2 nitrogen and oxygen atoms in total. The molecule has 0 spiro atoms. The van der Waals surface area contributed by atoms with Crippen LogP contribution in [0.15, 0.2) is 24.3 Å². The predicted molar refractivity (Wildman–Crippen MR) is 71.9 cm³/mol. The molecular formula is C13H14ClNOS. The summed E-state index contributed by atoms with van der Waals surface area (Å²) in [7, 11) is 0. The van der Waals surface area contributed by atoms with Gasteiger partial charge in [-0.3, -0.25) is 0 Å². The van der Waals surface area contributed by atoms with Crippen molar-refractivity contribution in [3.8, 4) is 0 Å². The van der Waals surface area contributed by atoms with E-state index >= 15 is 0 Å². The Labute approximate surface area is 110 Å². The Morgan fingerprint density at radius 1 is 1.47 bits per heavy atom. The smallest absolute Gasteiger partial charge is 0.0953 e. The number of nitrogens with zero attached hydrogens (tertiary/aromatic N) is 1. The Hall–Kier alpha value is -0.640. The highest BCUT2D eigenvalue weighted by Gasteiger charge is 2.25. The number of thiazole rings is 1. The Kier molecular flexibility index (Phi) is 3.32. The van der Waals surface area contributed by atoms with Crippen LogP contribution < -0.4 is 0 Å². The van der Waals surface area contributed by atoms with Gasteiger partial charge in [0.25, 0.3) is 0 Å². The van der Waals surface area contributed by atoms with Gasteiger partial charge in [0.15, 0.2) is 0 Å². The Morgan fingerprint density at radius 2 is 2.35 bits per heavy atom. The summed E-state index contributed by atoms with van der Waals surface area (Å²) >= 11 is 8.18. The summed E-state index contributed by atoms with van der Waals surface area (Å²) in [6.45, 7) is 1.66. The second-order valence-corrected chi connectivity index (χ2v) is 6.09. The van der Waals surface area contributed by atoms with Crippen molar-refractivity contribution in [1.82, 2.24) is 4.98 Å². The Bertz CT molecular complexity index is 474. The number of fused-ring (bicyclic) bond motifs is 1. The van der Waals surface area contributed by atoms with Gasteiger partial charge in [-0.25, -0.2) is 4.98 Å². The van der Waals surface area contributed by atoms with Crippen molar-refractivity contribution in [2.75, 3.05) is 13.2 Å². The molecule has 0 bridgehead atoms. The highest BCUT2D eigenvalue weighted by Crippen LogP contribution is 2.28. The first-order chi connectivity index (χ1) is 8.33. The number of aromatic nitrogens is 1. The lowest BCUT2D eigenvalue weighted by Gasteiger charge is -2.13. The summed E-state index contributed by atoms with van der Waals surface area (Å²) < 4.78 is 6.62. The standard InChI is InChI=1S/C13H14ClNOS/c14-10(9-5-6-16-8-9)7-13-15-11-3-1-2-4-12(11)17-13/h1-4,9-10H,5-8H2. The average molecular weight is 268 g/mol. The van der Waals surface area contributed by atoms with Gasteiger partial charge in [0.2, 0.25) is 0 Å². The van der Waals surface area contributed by atoms with E-state index in [4.69, 9.17) is 16.3 Å². The van der Waals surface area contributed by atoms with E-state index in [-0.39, 0.29) is 5.38 Å². The number of para-hydroxylation sites is 1. The highest BCUT2D eigenvalue weighted by molar-refractivity contribution is 7.18. The molecular weight excluding hydrogens is 254 g/mol. The minimum atomic E-state index is 0.151. The molecule has 17 heavy (non-hydrogen) atoms. The van der Waals surface area contributed by atoms with Crippen LogP contribution in [0.2, 0.25) is 0 Å². The molecule has 1 fully saturated rings. The molecule has 2 atom stereocenters. The van der Waals surface area contributed by atoms with E-state index in [0.29, 0.717) is 5.92 Å². The van der Waals surface area contributed by atoms with Crippen LogP contribution in [-0.2, 0) is 11.2 Å². The molecule has 90 valence electrons. The van der Waals surface area contributed by atoms with Crippen LogP contribution in [0.1, 0.15) is 11.4 Å². The first-order valence-corrected chi connectivity index (χ1v) is 7.14. The first kappa shape index (κ1) is 11.5. The number of alkyl halides is 1. The summed E-state index contributed by atoms with van der Waals surface area (Å²) in [5, 5.41) is 1.29. The maximum Gasteiger partial charge on any atom is 0.0953 e. The SMILES string of the molecule is ClC(Cc1nc2ccccc2s1)C1CCOC1. The second kappa shape index (κ2) is 4.92. The minimum absolute atomic E-state index is 0.151. The van der Waals surface area contributed by atoms with E-state index in [1.807, 2.05) is 12.1 Å². The molecule has 3 rings (SSSR count). The number of hydrogen-bond acceptors (Lipinski definition) is 3. The molecule has 1 aromatic heterocycles. The van der Waals surface area contributed by atoms with E-state index < -0.39 is 0 Å². The number of halogens is 1. The van der Waals surface area contributed by atoms with Gasteiger partial charge in [0.05, 0.1) is 21.8 Å². The molecule has 1 saturated heterocycles. The number of rotatable bonds is 3. The third-order valence-electron chi connectivity index (χ3n) is 3.18. The molecule has 2 heterocycles. The van der Waals surface area contributed by atoms with Crippen LogP contribution in [0.25, 0.3) is 10.2 Å². The molecule has 1 aromatic carbocycles. The molecule has 2 unspecified atom stereocenters. The van der Waals surface area contributed by atoms with Gasteiger partial charge in [0, 0.05) is 24.3 Å². The fraction of sp³-hybridized carbons (Fsp3) is 0.462. The lowest BCUT2D eigenvalue weighted by Crippen LogP contribution is -2.17. The summed E-state index contributed by atoms with van der Waals surface area (Å²) in [5.74, 6) is 0.490. The van der Waals surface area contributed by atoms with Crippen molar-refractivity contribution in [2.45, 2.75) is 18.2 Å². The van der Waals surface area contributed by atoms with Crippen molar-refractivity contribution in [3.63, 3.8) is 0 Å². The van der Waals surface area contributed by atoms with Gasteiger partial charge in [-0.2, -0.15) is 0 Å². The lowest BCUT2D eigenvalue weighted by molar-refractivity contribution is 0.185. The van der Waals surface area contributed by atoms with E-state index in [9.17, 15) is 0 Å². The van der Waals surface area contributed by atoms with Crippen LogP contribution in [0.4, 0.5) is 0 Å². The monoisotopic (exact) mass is 267 g/mol. The van der Waals surface area contributed by atoms with Crippen LogP contribution >= 0.6 is 22.9 Å². The predicted octanol–water partition coefficient (Wildman–Crippen LogP) is 3.48. The number of benzene rings is 1. The zero-order valence-electron chi connectivity index (χ0n) is 9.43. The Balaban J connectivity index is 1.75. The molecule has 0 aliphatic carbocycles. The van der Waals surface area contributed by atoms with E-state index in [1.54, 1.807) is 11.3 Å². The van der Waals surface area contributed by atoms with Crippen molar-refractivity contribution in [2.24, 2.45) is 5.92 Å². The average Bonchev–Trinajstić information content (AvgIpc) is 2.97. The minimum Gasteiger partial charge on any atom is -0.381 e.